The molecule has 1 unspecified atom stereocenters. The number of hydrogen-bond donors (Lipinski definition) is 0. The number of rotatable bonds is 2. The minimum Gasteiger partial charge on any atom is -0.341 e. The Morgan fingerprint density at radius 2 is 2.39 bits per heavy atom. The van der Waals surface area contributed by atoms with Crippen LogP contribution in [0.5, 0.6) is 0 Å². The molecule has 2 heterocycles. The fraction of sp³-hybridized carbons (Fsp3) is 0.667. The van der Waals surface area contributed by atoms with E-state index in [1.165, 1.54) is 0 Å². The molecule has 0 aliphatic carbocycles. The fourth-order valence-corrected chi connectivity index (χ4v) is 2.21. The van der Waals surface area contributed by atoms with Crippen LogP contribution in [0.3, 0.4) is 0 Å². The van der Waals surface area contributed by atoms with E-state index in [1.807, 2.05) is 6.92 Å². The highest BCUT2D eigenvalue weighted by Gasteiger charge is 2.33. The molecule has 0 aromatic carbocycles. The molecule has 1 aromatic rings. The molecule has 1 aliphatic rings. The van der Waals surface area contributed by atoms with Gasteiger partial charge in [0.2, 0.25) is 5.91 Å². The third-order valence-electron chi connectivity index (χ3n) is 3.38. The summed E-state index contributed by atoms with van der Waals surface area (Å²) in [5.41, 5.74) is 0.790. The van der Waals surface area contributed by atoms with Crippen molar-refractivity contribution in [2.45, 2.75) is 33.1 Å². The van der Waals surface area contributed by atoms with Crippen molar-refractivity contribution in [2.24, 2.45) is 5.41 Å². The van der Waals surface area contributed by atoms with Crippen LogP contribution in [-0.2, 0) is 11.2 Å². The quantitative estimate of drug-likeness (QED) is 0.781. The molecule has 6 heteroatoms. The van der Waals surface area contributed by atoms with Gasteiger partial charge in [0.05, 0.1) is 17.9 Å². The van der Waals surface area contributed by atoms with Gasteiger partial charge in [-0.15, -0.1) is 0 Å². The summed E-state index contributed by atoms with van der Waals surface area (Å²) in [6, 6.07) is 2.30. The monoisotopic (exact) mass is 248 g/mol. The number of nitrogens with zero attached hydrogens (tertiary/aromatic N) is 4. The highest BCUT2D eigenvalue weighted by atomic mass is 16.6. The van der Waals surface area contributed by atoms with E-state index in [-0.39, 0.29) is 12.3 Å². The normalized spacial score (nSPS) is 23.7. The van der Waals surface area contributed by atoms with E-state index in [2.05, 4.69) is 21.0 Å². The molecule has 1 atom stereocenters. The van der Waals surface area contributed by atoms with Crippen molar-refractivity contribution >= 4 is 5.91 Å². The molecule has 0 bridgehead atoms. The molecule has 1 saturated heterocycles. The Morgan fingerprint density at radius 1 is 1.61 bits per heavy atom. The summed E-state index contributed by atoms with van der Waals surface area (Å²) in [6.07, 6.45) is 1.90. The summed E-state index contributed by atoms with van der Waals surface area (Å²) < 4.78 is 4.57. The van der Waals surface area contributed by atoms with Gasteiger partial charge in [0, 0.05) is 13.1 Å². The van der Waals surface area contributed by atoms with Gasteiger partial charge in [-0.2, -0.15) is 5.26 Å². The van der Waals surface area contributed by atoms with E-state index in [9.17, 15) is 4.79 Å². The van der Waals surface area contributed by atoms with Crippen LogP contribution < -0.4 is 0 Å². The standard InChI is InChI=1S/C12H16N4O2/c1-9-10(15-18-14-9)6-11(17)16-5-3-4-12(2,7-13)8-16/h3-6,8H2,1-2H3. The van der Waals surface area contributed by atoms with Crippen LogP contribution in [-0.4, -0.2) is 34.2 Å². The van der Waals surface area contributed by atoms with E-state index < -0.39 is 5.41 Å². The first-order valence-corrected chi connectivity index (χ1v) is 6.01. The van der Waals surface area contributed by atoms with Crippen molar-refractivity contribution in [1.82, 2.24) is 15.2 Å². The molecule has 96 valence electrons. The number of amides is 1. The van der Waals surface area contributed by atoms with Crippen LogP contribution in [0.25, 0.3) is 0 Å². The molecule has 2 rings (SSSR count). The maximum absolute atomic E-state index is 12.1. The molecule has 0 N–H and O–H groups in total. The predicted octanol–water partition coefficient (Wildman–Crippen LogP) is 1.07. The van der Waals surface area contributed by atoms with Crippen LogP contribution in [0.4, 0.5) is 0 Å². The Bertz CT molecular complexity index is 491. The van der Waals surface area contributed by atoms with Crippen LogP contribution in [0.2, 0.25) is 0 Å². The van der Waals surface area contributed by atoms with Crippen molar-refractivity contribution in [3.05, 3.63) is 11.4 Å². The highest BCUT2D eigenvalue weighted by molar-refractivity contribution is 5.78. The maximum atomic E-state index is 12.1. The van der Waals surface area contributed by atoms with Crippen LogP contribution in [0.1, 0.15) is 31.2 Å². The zero-order valence-corrected chi connectivity index (χ0v) is 10.6. The van der Waals surface area contributed by atoms with Gasteiger partial charge in [-0.1, -0.05) is 10.3 Å². The SMILES string of the molecule is Cc1nonc1CC(=O)N1CCCC(C)(C#N)C1. The van der Waals surface area contributed by atoms with Crippen molar-refractivity contribution in [1.29, 1.82) is 5.26 Å². The minimum atomic E-state index is -0.426. The molecular formula is C12H16N4O2. The average molecular weight is 248 g/mol. The largest absolute Gasteiger partial charge is 0.341 e. The number of carbonyl (C=O) groups is 1. The Kier molecular flexibility index (Phi) is 3.32. The zero-order chi connectivity index (χ0) is 13.2. The van der Waals surface area contributed by atoms with Crippen molar-refractivity contribution in [3.8, 4) is 6.07 Å². The molecule has 1 aliphatic heterocycles. The lowest BCUT2D eigenvalue weighted by Gasteiger charge is -2.35. The molecule has 18 heavy (non-hydrogen) atoms. The van der Waals surface area contributed by atoms with E-state index >= 15 is 0 Å². The Balaban J connectivity index is 2.02. The van der Waals surface area contributed by atoms with E-state index in [0.717, 1.165) is 12.8 Å². The Labute approximate surface area is 106 Å². The van der Waals surface area contributed by atoms with Gasteiger partial charge in [0.25, 0.3) is 0 Å². The number of piperidine rings is 1. The molecule has 0 spiro atoms. The van der Waals surface area contributed by atoms with Gasteiger partial charge in [-0.05, 0) is 26.7 Å². The lowest BCUT2D eigenvalue weighted by Crippen LogP contribution is -2.44. The molecular weight excluding hydrogens is 232 g/mol. The third kappa shape index (κ3) is 2.50. The van der Waals surface area contributed by atoms with Gasteiger partial charge in [0.1, 0.15) is 11.4 Å². The number of nitriles is 1. The fourth-order valence-electron chi connectivity index (χ4n) is 2.21. The average Bonchev–Trinajstić information content (AvgIpc) is 2.75. The first kappa shape index (κ1) is 12.6. The smallest absolute Gasteiger partial charge is 0.228 e. The zero-order valence-electron chi connectivity index (χ0n) is 10.6. The van der Waals surface area contributed by atoms with Gasteiger partial charge in [-0.25, -0.2) is 4.63 Å². The van der Waals surface area contributed by atoms with Crippen molar-refractivity contribution in [3.63, 3.8) is 0 Å². The lowest BCUT2D eigenvalue weighted by molar-refractivity contribution is -0.133. The van der Waals surface area contributed by atoms with Crippen molar-refractivity contribution < 1.29 is 9.42 Å². The van der Waals surface area contributed by atoms with E-state index in [0.29, 0.717) is 24.5 Å². The summed E-state index contributed by atoms with van der Waals surface area (Å²) in [7, 11) is 0. The molecule has 0 saturated carbocycles. The summed E-state index contributed by atoms with van der Waals surface area (Å²) in [5.74, 6) is -0.0185. The summed E-state index contributed by atoms with van der Waals surface area (Å²) >= 11 is 0. The van der Waals surface area contributed by atoms with Gasteiger partial charge < -0.3 is 4.90 Å². The summed E-state index contributed by atoms with van der Waals surface area (Å²) in [5, 5.41) is 16.5. The van der Waals surface area contributed by atoms with Crippen LogP contribution in [0.15, 0.2) is 4.63 Å². The number of likely N-dealkylation sites (tertiary alicyclic amines) is 1. The second kappa shape index (κ2) is 4.77. The summed E-state index contributed by atoms with van der Waals surface area (Å²) in [6.45, 7) is 4.86. The number of aromatic nitrogens is 2. The molecule has 1 fully saturated rings. The Morgan fingerprint density at radius 3 is 3.00 bits per heavy atom. The molecule has 1 amide bonds. The Hall–Kier alpha value is -1.90. The first-order chi connectivity index (χ1) is 8.54. The minimum absolute atomic E-state index is 0.0185. The number of carbonyl (C=O) groups excluding carboxylic acids is 1. The number of aryl methyl sites for hydroxylation is 1. The van der Waals surface area contributed by atoms with Crippen LogP contribution in [0, 0.1) is 23.7 Å². The second-order valence-corrected chi connectivity index (χ2v) is 5.06. The number of hydrogen-bond acceptors (Lipinski definition) is 5. The van der Waals surface area contributed by atoms with Crippen molar-refractivity contribution in [2.75, 3.05) is 13.1 Å². The molecule has 1 aromatic heterocycles. The molecule has 6 nitrogen and oxygen atoms in total. The van der Waals surface area contributed by atoms with Gasteiger partial charge >= 0.3 is 0 Å². The predicted molar refractivity (Wildman–Crippen MR) is 62.3 cm³/mol. The van der Waals surface area contributed by atoms with E-state index in [4.69, 9.17) is 5.26 Å². The lowest BCUT2D eigenvalue weighted by atomic mass is 9.83. The summed E-state index contributed by atoms with van der Waals surface area (Å²) in [4.78, 5) is 13.9. The molecule has 0 radical (unpaired) electrons. The highest BCUT2D eigenvalue weighted by Crippen LogP contribution is 2.28. The second-order valence-electron chi connectivity index (χ2n) is 5.06. The maximum Gasteiger partial charge on any atom is 0.228 e. The van der Waals surface area contributed by atoms with Crippen LogP contribution >= 0.6 is 0 Å². The third-order valence-corrected chi connectivity index (χ3v) is 3.38. The van der Waals surface area contributed by atoms with E-state index in [1.54, 1.807) is 11.8 Å². The topological polar surface area (TPSA) is 83.0 Å². The first-order valence-electron chi connectivity index (χ1n) is 6.01. The van der Waals surface area contributed by atoms with Gasteiger partial charge in [0.15, 0.2) is 0 Å². The van der Waals surface area contributed by atoms with Gasteiger partial charge in [-0.3, -0.25) is 4.79 Å².